The fourth-order valence-electron chi connectivity index (χ4n) is 2.55. The van der Waals surface area contributed by atoms with E-state index in [0.717, 1.165) is 16.2 Å². The minimum absolute atomic E-state index is 0.0228. The molecule has 0 aliphatic carbocycles. The molecule has 5 heteroatoms. The molecule has 0 aliphatic heterocycles. The van der Waals surface area contributed by atoms with Gasteiger partial charge in [-0.2, -0.15) is 0 Å². The van der Waals surface area contributed by atoms with Crippen molar-refractivity contribution in [1.82, 2.24) is 9.55 Å². The van der Waals surface area contributed by atoms with Crippen molar-refractivity contribution in [1.29, 1.82) is 0 Å². The minimum atomic E-state index is 0.0228. The first kappa shape index (κ1) is 16.3. The quantitative estimate of drug-likeness (QED) is 0.368. The van der Waals surface area contributed by atoms with Crippen molar-refractivity contribution in [2.24, 2.45) is 0 Å². The molecule has 0 N–H and O–H groups in total. The average molecular weight is 338 g/mol. The molecule has 0 fully saturated rings. The van der Waals surface area contributed by atoms with E-state index in [0.29, 0.717) is 23.6 Å². The zero-order valence-electron chi connectivity index (χ0n) is 13.4. The number of ether oxygens (including phenoxy) is 1. The van der Waals surface area contributed by atoms with Crippen molar-refractivity contribution in [3.63, 3.8) is 0 Å². The van der Waals surface area contributed by atoms with Crippen molar-refractivity contribution in [2.45, 2.75) is 11.7 Å². The number of hydrogen-bond acceptors (Lipinski definition) is 4. The predicted octanol–water partition coefficient (Wildman–Crippen LogP) is 4.21. The molecule has 0 unspecified atom stereocenters. The Morgan fingerprint density at radius 2 is 2.00 bits per heavy atom. The van der Waals surface area contributed by atoms with Gasteiger partial charge in [-0.25, -0.2) is 4.98 Å². The molecule has 3 aromatic rings. The highest BCUT2D eigenvalue weighted by atomic mass is 32.2. The van der Waals surface area contributed by atoms with Crippen molar-refractivity contribution in [3.8, 4) is 5.75 Å². The van der Waals surface area contributed by atoms with Gasteiger partial charge in [0.25, 0.3) is 0 Å². The second-order valence-electron chi connectivity index (χ2n) is 5.19. The molecule has 0 amide bonds. The number of aromatic nitrogens is 2. The molecule has 0 radical (unpaired) electrons. The monoisotopic (exact) mass is 338 g/mol. The molecule has 1 aromatic heterocycles. The number of thioether (sulfide) groups is 1. The second kappa shape index (κ2) is 7.36. The minimum Gasteiger partial charge on any atom is -0.496 e. The first-order valence-corrected chi connectivity index (χ1v) is 8.58. The smallest absolute Gasteiger partial charge is 0.176 e. The molecular formula is C19H18N2O2S. The molecule has 1 heterocycles. The molecule has 0 saturated heterocycles. The van der Waals surface area contributed by atoms with Crippen LogP contribution in [0.25, 0.3) is 11.0 Å². The molecule has 24 heavy (non-hydrogen) atoms. The Hall–Kier alpha value is -2.53. The largest absolute Gasteiger partial charge is 0.496 e. The summed E-state index contributed by atoms with van der Waals surface area (Å²) in [6.45, 7) is 4.47. The summed E-state index contributed by atoms with van der Waals surface area (Å²) >= 11 is 1.43. The van der Waals surface area contributed by atoms with E-state index < -0.39 is 0 Å². The third-order valence-corrected chi connectivity index (χ3v) is 4.65. The Morgan fingerprint density at radius 3 is 2.79 bits per heavy atom. The molecule has 0 bridgehead atoms. The van der Waals surface area contributed by atoms with Gasteiger partial charge in [0.1, 0.15) is 5.75 Å². The van der Waals surface area contributed by atoms with Gasteiger partial charge in [0.05, 0.1) is 29.5 Å². The number of fused-ring (bicyclic) bond motifs is 1. The van der Waals surface area contributed by atoms with Gasteiger partial charge in [0.15, 0.2) is 10.9 Å². The van der Waals surface area contributed by atoms with Gasteiger partial charge in [-0.3, -0.25) is 4.79 Å². The molecular weight excluding hydrogens is 320 g/mol. The molecule has 0 saturated carbocycles. The molecule has 0 spiro atoms. The Balaban J connectivity index is 1.84. The lowest BCUT2D eigenvalue weighted by molar-refractivity contribution is 0.101. The SMILES string of the molecule is C=CCn1c(SCC(=O)c2ccccc2OC)nc2ccccc21. The summed E-state index contributed by atoms with van der Waals surface area (Å²) in [5, 5.41) is 0.819. The summed E-state index contributed by atoms with van der Waals surface area (Å²) in [6, 6.07) is 15.2. The fraction of sp³-hybridized carbons (Fsp3) is 0.158. The maximum absolute atomic E-state index is 12.5. The van der Waals surface area contributed by atoms with Crippen LogP contribution in [0.2, 0.25) is 0 Å². The first-order valence-electron chi connectivity index (χ1n) is 7.59. The highest BCUT2D eigenvalue weighted by molar-refractivity contribution is 7.99. The highest BCUT2D eigenvalue weighted by Crippen LogP contribution is 2.26. The van der Waals surface area contributed by atoms with Crippen molar-refractivity contribution in [3.05, 3.63) is 66.7 Å². The van der Waals surface area contributed by atoms with Crippen LogP contribution in [-0.4, -0.2) is 28.2 Å². The topological polar surface area (TPSA) is 44.1 Å². The van der Waals surface area contributed by atoms with Gasteiger partial charge in [-0.05, 0) is 24.3 Å². The van der Waals surface area contributed by atoms with Crippen LogP contribution in [0.3, 0.4) is 0 Å². The van der Waals surface area contributed by atoms with Crippen LogP contribution in [0, 0.1) is 0 Å². The Morgan fingerprint density at radius 1 is 1.25 bits per heavy atom. The lowest BCUT2D eigenvalue weighted by Gasteiger charge is -2.08. The van der Waals surface area contributed by atoms with Crippen LogP contribution in [0.1, 0.15) is 10.4 Å². The predicted molar refractivity (Wildman–Crippen MR) is 98.0 cm³/mol. The van der Waals surface area contributed by atoms with Crippen LogP contribution in [-0.2, 0) is 6.54 Å². The summed E-state index contributed by atoms with van der Waals surface area (Å²) in [4.78, 5) is 17.2. The number of hydrogen-bond donors (Lipinski definition) is 0. The molecule has 3 rings (SSSR count). The number of imidazole rings is 1. The molecule has 0 aliphatic rings. The van der Waals surface area contributed by atoms with E-state index in [9.17, 15) is 4.79 Å². The summed E-state index contributed by atoms with van der Waals surface area (Å²) in [5.74, 6) is 0.929. The van der Waals surface area contributed by atoms with E-state index in [1.165, 1.54) is 11.8 Å². The number of nitrogens with zero attached hydrogens (tertiary/aromatic N) is 2. The molecule has 0 atom stereocenters. The van der Waals surface area contributed by atoms with Crippen LogP contribution in [0.4, 0.5) is 0 Å². The maximum Gasteiger partial charge on any atom is 0.176 e. The standard InChI is InChI=1S/C19H18N2O2S/c1-3-12-21-16-10-6-5-9-15(16)20-19(21)24-13-17(22)14-8-4-7-11-18(14)23-2/h3-11H,1,12-13H2,2H3. The summed E-state index contributed by atoms with van der Waals surface area (Å²) < 4.78 is 7.34. The van der Waals surface area contributed by atoms with E-state index in [-0.39, 0.29) is 5.78 Å². The maximum atomic E-state index is 12.5. The Labute approximate surface area is 145 Å². The second-order valence-corrected chi connectivity index (χ2v) is 6.14. The summed E-state index contributed by atoms with van der Waals surface area (Å²) in [5.41, 5.74) is 2.56. The van der Waals surface area contributed by atoms with Crippen LogP contribution < -0.4 is 4.74 Å². The Kier molecular flexibility index (Phi) is 5.01. The Bertz CT molecular complexity index is 886. The van der Waals surface area contributed by atoms with Crippen molar-refractivity contribution < 1.29 is 9.53 Å². The van der Waals surface area contributed by atoms with Crippen molar-refractivity contribution in [2.75, 3.05) is 12.9 Å². The zero-order valence-corrected chi connectivity index (χ0v) is 14.3. The van der Waals surface area contributed by atoms with Crippen LogP contribution >= 0.6 is 11.8 Å². The van der Waals surface area contributed by atoms with Gasteiger partial charge in [-0.1, -0.05) is 42.1 Å². The van der Waals surface area contributed by atoms with Crippen LogP contribution in [0.5, 0.6) is 5.75 Å². The van der Waals surface area contributed by atoms with Gasteiger partial charge in [0.2, 0.25) is 0 Å². The summed E-state index contributed by atoms with van der Waals surface area (Å²) in [7, 11) is 1.57. The lowest BCUT2D eigenvalue weighted by atomic mass is 10.1. The molecule has 4 nitrogen and oxygen atoms in total. The number of methoxy groups -OCH3 is 1. The number of ketones is 1. The number of Topliss-reactive ketones (excluding diaryl/α,β-unsaturated/α-hetero) is 1. The highest BCUT2D eigenvalue weighted by Gasteiger charge is 2.15. The van der Waals surface area contributed by atoms with E-state index >= 15 is 0 Å². The molecule has 122 valence electrons. The number of carbonyl (C=O) groups excluding carboxylic acids is 1. The van der Waals surface area contributed by atoms with E-state index in [1.807, 2.05) is 42.5 Å². The fourth-order valence-corrected chi connectivity index (χ4v) is 3.46. The zero-order chi connectivity index (χ0) is 16.9. The number of rotatable bonds is 7. The third kappa shape index (κ3) is 3.21. The number of allylic oxidation sites excluding steroid dienone is 1. The number of carbonyl (C=O) groups is 1. The molecule has 2 aromatic carbocycles. The first-order chi connectivity index (χ1) is 11.7. The van der Waals surface area contributed by atoms with Gasteiger partial charge >= 0.3 is 0 Å². The van der Waals surface area contributed by atoms with Gasteiger partial charge in [0, 0.05) is 6.54 Å². The summed E-state index contributed by atoms with van der Waals surface area (Å²) in [6.07, 6.45) is 1.83. The van der Waals surface area contributed by atoms with Gasteiger partial charge < -0.3 is 9.30 Å². The van der Waals surface area contributed by atoms with Crippen molar-refractivity contribution >= 4 is 28.6 Å². The lowest BCUT2D eigenvalue weighted by Crippen LogP contribution is -2.06. The van der Waals surface area contributed by atoms with E-state index in [4.69, 9.17) is 4.74 Å². The van der Waals surface area contributed by atoms with E-state index in [2.05, 4.69) is 16.1 Å². The third-order valence-electron chi connectivity index (χ3n) is 3.67. The number of para-hydroxylation sites is 3. The number of benzene rings is 2. The van der Waals surface area contributed by atoms with Crippen LogP contribution in [0.15, 0.2) is 66.3 Å². The van der Waals surface area contributed by atoms with Gasteiger partial charge in [-0.15, -0.1) is 6.58 Å². The van der Waals surface area contributed by atoms with E-state index in [1.54, 1.807) is 19.2 Å². The average Bonchev–Trinajstić information content (AvgIpc) is 2.98. The normalized spacial score (nSPS) is 10.7.